The molecule has 0 spiro atoms. The molecule has 1 heterocycles. The van der Waals surface area contributed by atoms with Gasteiger partial charge in [-0.15, -0.1) is 0 Å². The Bertz CT molecular complexity index is 675. The molecule has 2 aromatic rings. The highest BCUT2D eigenvalue weighted by atomic mass is 16.5. The molecule has 0 radical (unpaired) electrons. The van der Waals surface area contributed by atoms with Gasteiger partial charge in [-0.3, -0.25) is 4.79 Å². The molecule has 1 aliphatic heterocycles. The van der Waals surface area contributed by atoms with Crippen molar-refractivity contribution in [2.24, 2.45) is 5.73 Å². The molecular formula is C19H23N3O2. The molecule has 24 heavy (non-hydrogen) atoms. The van der Waals surface area contributed by atoms with Gasteiger partial charge in [-0.05, 0) is 29.7 Å². The van der Waals surface area contributed by atoms with E-state index in [2.05, 4.69) is 34.9 Å². The number of hydrogen-bond acceptors (Lipinski definition) is 4. The van der Waals surface area contributed by atoms with Crippen molar-refractivity contribution in [3.63, 3.8) is 0 Å². The van der Waals surface area contributed by atoms with Crippen molar-refractivity contribution in [1.29, 1.82) is 0 Å². The molecule has 0 aliphatic carbocycles. The molecule has 0 bridgehead atoms. The van der Waals surface area contributed by atoms with E-state index in [4.69, 9.17) is 10.5 Å². The molecule has 1 amide bonds. The van der Waals surface area contributed by atoms with E-state index in [1.165, 1.54) is 5.56 Å². The van der Waals surface area contributed by atoms with Crippen LogP contribution in [0.5, 0.6) is 5.75 Å². The summed E-state index contributed by atoms with van der Waals surface area (Å²) in [5, 5.41) is 6.28. The van der Waals surface area contributed by atoms with Crippen LogP contribution in [0.3, 0.4) is 0 Å². The van der Waals surface area contributed by atoms with Gasteiger partial charge in [0.2, 0.25) is 5.91 Å². The molecule has 2 aromatic carbocycles. The molecule has 1 fully saturated rings. The highest BCUT2D eigenvalue weighted by Gasteiger charge is 2.25. The van der Waals surface area contributed by atoms with Crippen molar-refractivity contribution >= 4 is 5.91 Å². The van der Waals surface area contributed by atoms with Crippen molar-refractivity contribution in [2.45, 2.75) is 18.5 Å². The van der Waals surface area contributed by atoms with Crippen LogP contribution in [0.2, 0.25) is 0 Å². The summed E-state index contributed by atoms with van der Waals surface area (Å²) in [5.74, 6) is 0.742. The largest absolute Gasteiger partial charge is 0.492 e. The van der Waals surface area contributed by atoms with Crippen LogP contribution in [0, 0.1) is 0 Å². The summed E-state index contributed by atoms with van der Waals surface area (Å²) in [6.45, 7) is 1.36. The second kappa shape index (κ2) is 7.95. The third-order valence-electron chi connectivity index (χ3n) is 4.16. The Hall–Kier alpha value is -2.37. The Balaban J connectivity index is 1.53. The number of carbonyl (C=O) groups excluding carboxylic acids is 1. The lowest BCUT2D eigenvalue weighted by molar-refractivity contribution is -0.120. The molecule has 3 rings (SSSR count). The normalized spacial score (nSPS) is 19.9. The molecule has 0 unspecified atom stereocenters. The Kier molecular flexibility index (Phi) is 5.46. The zero-order valence-corrected chi connectivity index (χ0v) is 13.6. The highest BCUT2D eigenvalue weighted by Crippen LogP contribution is 2.24. The smallest absolute Gasteiger partial charge is 0.233 e. The molecule has 2 atom stereocenters. The summed E-state index contributed by atoms with van der Waals surface area (Å²) in [7, 11) is 0. The van der Waals surface area contributed by atoms with Gasteiger partial charge in [0, 0.05) is 18.6 Å². The van der Waals surface area contributed by atoms with Gasteiger partial charge in [0.25, 0.3) is 0 Å². The molecular weight excluding hydrogens is 302 g/mol. The standard InChI is InChI=1S/C19H23N3O2/c20-11-19(23)22-16-10-17(21-12-16)13-24-18-8-4-7-15(9-18)14-5-2-1-3-6-14/h1-9,16-17,21H,10-13,20H2,(H,22,23)/t16-,17+/m0/s1. The number of carbonyl (C=O) groups is 1. The van der Waals surface area contributed by atoms with Crippen LogP contribution in [0.1, 0.15) is 6.42 Å². The van der Waals surface area contributed by atoms with Crippen molar-refractivity contribution in [3.05, 3.63) is 54.6 Å². The maximum atomic E-state index is 11.3. The number of nitrogens with two attached hydrogens (primary N) is 1. The summed E-state index contributed by atoms with van der Waals surface area (Å²) < 4.78 is 5.93. The predicted molar refractivity (Wildman–Crippen MR) is 94.8 cm³/mol. The number of amides is 1. The highest BCUT2D eigenvalue weighted by molar-refractivity contribution is 5.78. The average molecular weight is 325 g/mol. The molecule has 4 N–H and O–H groups in total. The molecule has 1 aliphatic rings. The first-order valence-electron chi connectivity index (χ1n) is 8.25. The van der Waals surface area contributed by atoms with Gasteiger partial charge < -0.3 is 21.1 Å². The molecule has 1 saturated heterocycles. The van der Waals surface area contributed by atoms with Crippen LogP contribution in [0.4, 0.5) is 0 Å². The van der Waals surface area contributed by atoms with E-state index in [1.807, 2.05) is 30.3 Å². The van der Waals surface area contributed by atoms with E-state index in [1.54, 1.807) is 0 Å². The quantitative estimate of drug-likeness (QED) is 0.753. The Morgan fingerprint density at radius 1 is 1.17 bits per heavy atom. The first-order valence-corrected chi connectivity index (χ1v) is 8.25. The maximum Gasteiger partial charge on any atom is 0.233 e. The van der Waals surface area contributed by atoms with Crippen LogP contribution in [0.25, 0.3) is 11.1 Å². The number of rotatable bonds is 6. The molecule has 5 heteroatoms. The van der Waals surface area contributed by atoms with Crippen molar-refractivity contribution in [3.8, 4) is 16.9 Å². The SMILES string of the molecule is NCC(=O)N[C@@H]1CN[C@@H](COc2cccc(-c3ccccc3)c2)C1. The molecule has 5 nitrogen and oxygen atoms in total. The number of hydrogen-bond donors (Lipinski definition) is 3. The van der Waals surface area contributed by atoms with E-state index in [-0.39, 0.29) is 24.5 Å². The maximum absolute atomic E-state index is 11.3. The first kappa shape index (κ1) is 16.5. The minimum Gasteiger partial charge on any atom is -0.492 e. The van der Waals surface area contributed by atoms with E-state index in [0.717, 1.165) is 24.3 Å². The second-order valence-electron chi connectivity index (χ2n) is 6.01. The number of ether oxygens (including phenoxy) is 1. The first-order chi connectivity index (χ1) is 11.7. The van der Waals surface area contributed by atoms with Gasteiger partial charge in [-0.25, -0.2) is 0 Å². The summed E-state index contributed by atoms with van der Waals surface area (Å²) in [4.78, 5) is 11.3. The monoisotopic (exact) mass is 325 g/mol. The Morgan fingerprint density at radius 2 is 1.96 bits per heavy atom. The minimum atomic E-state index is -0.112. The van der Waals surface area contributed by atoms with Gasteiger partial charge in [0.1, 0.15) is 12.4 Å². The molecule has 126 valence electrons. The fraction of sp³-hybridized carbons (Fsp3) is 0.316. The second-order valence-corrected chi connectivity index (χ2v) is 6.01. The third kappa shape index (κ3) is 4.34. The van der Waals surface area contributed by atoms with Gasteiger partial charge >= 0.3 is 0 Å². The topological polar surface area (TPSA) is 76.4 Å². The van der Waals surface area contributed by atoms with Crippen LogP contribution in [0.15, 0.2) is 54.6 Å². The summed E-state index contributed by atoms with van der Waals surface area (Å²) in [6.07, 6.45) is 0.851. The third-order valence-corrected chi connectivity index (χ3v) is 4.16. The zero-order chi connectivity index (χ0) is 16.8. The fourth-order valence-corrected chi connectivity index (χ4v) is 2.94. The Labute approximate surface area is 142 Å². The molecule has 0 saturated carbocycles. The number of nitrogens with one attached hydrogen (secondary N) is 2. The van der Waals surface area contributed by atoms with E-state index >= 15 is 0 Å². The van der Waals surface area contributed by atoms with Gasteiger partial charge in [-0.1, -0.05) is 42.5 Å². The number of benzene rings is 2. The van der Waals surface area contributed by atoms with Crippen molar-refractivity contribution in [1.82, 2.24) is 10.6 Å². The van der Waals surface area contributed by atoms with Gasteiger partial charge in [0.15, 0.2) is 0 Å². The summed E-state index contributed by atoms with van der Waals surface area (Å²) in [6, 6.07) is 18.7. The zero-order valence-electron chi connectivity index (χ0n) is 13.6. The van der Waals surface area contributed by atoms with Crippen LogP contribution in [-0.2, 0) is 4.79 Å². The van der Waals surface area contributed by atoms with Crippen LogP contribution < -0.4 is 21.1 Å². The lowest BCUT2D eigenvalue weighted by atomic mass is 10.1. The Morgan fingerprint density at radius 3 is 2.75 bits per heavy atom. The van der Waals surface area contributed by atoms with Crippen molar-refractivity contribution in [2.75, 3.05) is 19.7 Å². The van der Waals surface area contributed by atoms with E-state index in [9.17, 15) is 4.79 Å². The molecule has 0 aromatic heterocycles. The van der Waals surface area contributed by atoms with Crippen LogP contribution in [-0.4, -0.2) is 37.7 Å². The van der Waals surface area contributed by atoms with E-state index in [0.29, 0.717) is 6.61 Å². The summed E-state index contributed by atoms with van der Waals surface area (Å²) in [5.41, 5.74) is 7.64. The van der Waals surface area contributed by atoms with Crippen LogP contribution >= 0.6 is 0 Å². The van der Waals surface area contributed by atoms with Gasteiger partial charge in [0.05, 0.1) is 6.54 Å². The van der Waals surface area contributed by atoms with Crippen molar-refractivity contribution < 1.29 is 9.53 Å². The summed E-state index contributed by atoms with van der Waals surface area (Å²) >= 11 is 0. The van der Waals surface area contributed by atoms with E-state index < -0.39 is 0 Å². The predicted octanol–water partition coefficient (Wildman–Crippen LogP) is 1.54. The average Bonchev–Trinajstić information content (AvgIpc) is 3.08. The lowest BCUT2D eigenvalue weighted by Gasteiger charge is -2.14. The lowest BCUT2D eigenvalue weighted by Crippen LogP contribution is -2.39. The van der Waals surface area contributed by atoms with Gasteiger partial charge in [-0.2, -0.15) is 0 Å². The minimum absolute atomic E-state index is 0.0317. The fourth-order valence-electron chi connectivity index (χ4n) is 2.94.